The number of carbonyl (C=O) groups excluding carboxylic acids is 1. The summed E-state index contributed by atoms with van der Waals surface area (Å²) in [4.78, 5) is 23.0. The molecular weight excluding hydrogens is 330 g/mol. The lowest BCUT2D eigenvalue weighted by Crippen LogP contribution is -2.13. The van der Waals surface area contributed by atoms with Gasteiger partial charge in [0.1, 0.15) is 11.6 Å². The molecule has 126 valence electrons. The van der Waals surface area contributed by atoms with Crippen molar-refractivity contribution in [2.45, 2.75) is 0 Å². The monoisotopic (exact) mass is 343 g/mol. The third-order valence-electron chi connectivity index (χ3n) is 3.84. The number of nitrogens with zero attached hydrogens (tertiary/aromatic N) is 2. The summed E-state index contributed by atoms with van der Waals surface area (Å²) in [6, 6.07) is 20.7. The molecule has 0 bridgehead atoms. The number of benzene rings is 3. The van der Waals surface area contributed by atoms with E-state index in [0.29, 0.717) is 5.69 Å². The molecule has 1 N–H and O–H groups in total. The van der Waals surface area contributed by atoms with Crippen LogP contribution in [0.15, 0.2) is 72.3 Å². The van der Waals surface area contributed by atoms with Gasteiger partial charge in [0.2, 0.25) is 0 Å². The summed E-state index contributed by atoms with van der Waals surface area (Å²) in [5.74, 6) is -0.623. The molecule has 0 aromatic heterocycles. The Morgan fingerprint density at radius 2 is 1.73 bits per heavy atom. The van der Waals surface area contributed by atoms with Crippen molar-refractivity contribution in [2.24, 2.45) is 0 Å². The number of nitro groups is 1. The number of amides is 1. The first kappa shape index (κ1) is 16.9. The molecule has 0 radical (unpaired) electrons. The molecule has 0 saturated carbocycles. The zero-order valence-electron chi connectivity index (χ0n) is 13.5. The molecule has 0 spiro atoms. The highest BCUT2D eigenvalue weighted by atomic mass is 16.6. The van der Waals surface area contributed by atoms with E-state index < -0.39 is 10.8 Å². The Bertz CT molecular complexity index is 1080. The molecule has 0 aliphatic heterocycles. The number of rotatable bonds is 4. The van der Waals surface area contributed by atoms with Crippen LogP contribution in [0.2, 0.25) is 0 Å². The second-order valence-corrected chi connectivity index (χ2v) is 5.47. The third kappa shape index (κ3) is 3.42. The summed E-state index contributed by atoms with van der Waals surface area (Å²) in [7, 11) is 0. The maximum Gasteiger partial charge on any atom is 0.276 e. The van der Waals surface area contributed by atoms with Gasteiger partial charge in [-0.3, -0.25) is 14.9 Å². The fourth-order valence-corrected chi connectivity index (χ4v) is 2.60. The number of para-hydroxylation sites is 1. The molecule has 3 aromatic rings. The van der Waals surface area contributed by atoms with Crippen molar-refractivity contribution in [3.8, 4) is 6.07 Å². The predicted octanol–water partition coefficient (Wildman–Crippen LogP) is 4.29. The molecule has 3 aromatic carbocycles. The number of nitrogens with one attached hydrogen (secondary N) is 1. The smallest absolute Gasteiger partial charge is 0.276 e. The fourth-order valence-electron chi connectivity index (χ4n) is 2.60. The molecule has 26 heavy (non-hydrogen) atoms. The number of nitriles is 1. The molecule has 0 aliphatic carbocycles. The Balaban J connectivity index is 1.95. The number of hydrogen-bond donors (Lipinski definition) is 1. The highest BCUT2D eigenvalue weighted by Gasteiger charge is 2.15. The van der Waals surface area contributed by atoms with Gasteiger partial charge in [0.25, 0.3) is 11.6 Å². The molecule has 0 saturated heterocycles. The van der Waals surface area contributed by atoms with Gasteiger partial charge in [-0.25, -0.2) is 0 Å². The minimum Gasteiger partial charge on any atom is -0.321 e. The minimum absolute atomic E-state index is 0.168. The maximum atomic E-state index is 12.5. The van der Waals surface area contributed by atoms with Gasteiger partial charge in [-0.15, -0.1) is 0 Å². The lowest BCUT2D eigenvalue weighted by atomic mass is 10.1. The van der Waals surface area contributed by atoms with Gasteiger partial charge >= 0.3 is 0 Å². The van der Waals surface area contributed by atoms with E-state index in [9.17, 15) is 20.2 Å². The summed E-state index contributed by atoms with van der Waals surface area (Å²) in [6.07, 6.45) is 1.22. The third-order valence-corrected chi connectivity index (χ3v) is 3.84. The molecular formula is C20H13N3O3. The van der Waals surface area contributed by atoms with E-state index in [-0.39, 0.29) is 16.8 Å². The standard InChI is InChI=1S/C20H13N3O3/c21-13-16(12-15-7-2-4-11-19(15)23(25)26)20(24)22-18-10-5-8-14-6-1-3-9-17(14)18/h1-12H,(H,22,24)/b16-12+. The van der Waals surface area contributed by atoms with Crippen molar-refractivity contribution in [3.05, 3.63) is 88.0 Å². The summed E-state index contributed by atoms with van der Waals surface area (Å²) >= 11 is 0. The normalized spacial score (nSPS) is 11.0. The number of carbonyl (C=O) groups is 1. The van der Waals surface area contributed by atoms with Crippen LogP contribution in [0, 0.1) is 21.4 Å². The largest absolute Gasteiger partial charge is 0.321 e. The second-order valence-electron chi connectivity index (χ2n) is 5.47. The minimum atomic E-state index is -0.623. The second kappa shape index (κ2) is 7.28. The highest BCUT2D eigenvalue weighted by molar-refractivity contribution is 6.13. The Kier molecular flexibility index (Phi) is 4.72. The van der Waals surface area contributed by atoms with Crippen LogP contribution >= 0.6 is 0 Å². The Morgan fingerprint density at radius 3 is 2.50 bits per heavy atom. The van der Waals surface area contributed by atoms with Crippen LogP contribution < -0.4 is 5.32 Å². The van der Waals surface area contributed by atoms with Crippen molar-refractivity contribution in [1.29, 1.82) is 5.26 Å². The quantitative estimate of drug-likeness (QED) is 0.331. The number of fused-ring (bicyclic) bond motifs is 1. The number of hydrogen-bond acceptors (Lipinski definition) is 4. The van der Waals surface area contributed by atoms with Crippen LogP contribution in [-0.2, 0) is 4.79 Å². The van der Waals surface area contributed by atoms with Gasteiger partial charge in [0.15, 0.2) is 0 Å². The van der Waals surface area contributed by atoms with E-state index >= 15 is 0 Å². The lowest BCUT2D eigenvalue weighted by molar-refractivity contribution is -0.385. The van der Waals surface area contributed by atoms with Crippen LogP contribution in [0.4, 0.5) is 11.4 Å². The Hall–Kier alpha value is -3.98. The van der Waals surface area contributed by atoms with Crippen molar-refractivity contribution < 1.29 is 9.72 Å². The average Bonchev–Trinajstić information content (AvgIpc) is 2.66. The van der Waals surface area contributed by atoms with E-state index in [4.69, 9.17) is 0 Å². The Morgan fingerprint density at radius 1 is 1.04 bits per heavy atom. The van der Waals surface area contributed by atoms with Gasteiger partial charge in [0, 0.05) is 17.1 Å². The van der Waals surface area contributed by atoms with Crippen molar-refractivity contribution in [3.63, 3.8) is 0 Å². The molecule has 6 heteroatoms. The van der Waals surface area contributed by atoms with Crippen LogP contribution in [0.25, 0.3) is 16.8 Å². The first-order chi connectivity index (χ1) is 12.6. The average molecular weight is 343 g/mol. The summed E-state index contributed by atoms with van der Waals surface area (Å²) in [5, 5.41) is 24.9. The highest BCUT2D eigenvalue weighted by Crippen LogP contribution is 2.24. The molecule has 0 atom stereocenters. The lowest BCUT2D eigenvalue weighted by Gasteiger charge is -2.08. The van der Waals surface area contributed by atoms with Gasteiger partial charge in [-0.2, -0.15) is 5.26 Å². The number of nitro benzene ring substituents is 1. The molecule has 0 fully saturated rings. The molecule has 0 heterocycles. The van der Waals surface area contributed by atoms with Gasteiger partial charge in [-0.1, -0.05) is 48.5 Å². The van der Waals surface area contributed by atoms with E-state index in [1.54, 1.807) is 18.2 Å². The van der Waals surface area contributed by atoms with Gasteiger partial charge in [-0.05, 0) is 23.6 Å². The van der Waals surface area contributed by atoms with E-state index in [1.165, 1.54) is 24.3 Å². The summed E-state index contributed by atoms with van der Waals surface area (Å²) < 4.78 is 0. The maximum absolute atomic E-state index is 12.5. The van der Waals surface area contributed by atoms with Crippen LogP contribution in [0.3, 0.4) is 0 Å². The van der Waals surface area contributed by atoms with Gasteiger partial charge in [0.05, 0.1) is 10.5 Å². The summed E-state index contributed by atoms with van der Waals surface area (Å²) in [6.45, 7) is 0. The topological polar surface area (TPSA) is 96.0 Å². The molecule has 6 nitrogen and oxygen atoms in total. The SMILES string of the molecule is N#C/C(=C\c1ccccc1[N+](=O)[O-])C(=O)Nc1cccc2ccccc12. The van der Waals surface area contributed by atoms with E-state index in [0.717, 1.165) is 10.8 Å². The molecule has 1 amide bonds. The first-order valence-electron chi connectivity index (χ1n) is 7.74. The molecule has 3 rings (SSSR count). The number of anilines is 1. The van der Waals surface area contributed by atoms with Crippen LogP contribution in [0.1, 0.15) is 5.56 Å². The summed E-state index contributed by atoms with van der Waals surface area (Å²) in [5.41, 5.74) is 0.379. The van der Waals surface area contributed by atoms with Gasteiger partial charge < -0.3 is 5.32 Å². The molecule has 0 aliphatic rings. The first-order valence-corrected chi connectivity index (χ1v) is 7.74. The van der Waals surface area contributed by atoms with Crippen molar-refractivity contribution >= 4 is 34.1 Å². The van der Waals surface area contributed by atoms with Crippen molar-refractivity contribution in [2.75, 3.05) is 5.32 Å². The Labute approximate surface area is 149 Å². The van der Waals surface area contributed by atoms with Crippen molar-refractivity contribution in [1.82, 2.24) is 0 Å². The van der Waals surface area contributed by atoms with E-state index in [1.807, 2.05) is 36.4 Å². The van der Waals surface area contributed by atoms with Crippen LogP contribution in [-0.4, -0.2) is 10.8 Å². The zero-order valence-corrected chi connectivity index (χ0v) is 13.5. The van der Waals surface area contributed by atoms with E-state index in [2.05, 4.69) is 5.32 Å². The van der Waals surface area contributed by atoms with Crippen LogP contribution in [0.5, 0.6) is 0 Å². The molecule has 0 unspecified atom stereocenters. The predicted molar refractivity (Wildman–Crippen MR) is 99.3 cm³/mol. The fraction of sp³-hybridized carbons (Fsp3) is 0. The zero-order chi connectivity index (χ0) is 18.5.